The van der Waals surface area contributed by atoms with Crippen molar-refractivity contribution in [2.75, 3.05) is 13.3 Å². The second-order valence-electron chi connectivity index (χ2n) is 0.865. The smallest absolute Gasteiger partial charge is 0.308 e. The molecule has 5 heavy (non-hydrogen) atoms. The maximum atomic E-state index is 4.72. The van der Waals surface area contributed by atoms with Crippen molar-refractivity contribution in [1.29, 1.82) is 0 Å². The van der Waals surface area contributed by atoms with Crippen molar-refractivity contribution < 1.29 is 4.74 Å². The van der Waals surface area contributed by atoms with Crippen molar-refractivity contribution in [2.45, 2.75) is 0 Å². The predicted molar refractivity (Wildman–Crippen MR) is 19.0 cm³/mol. The molecule has 0 aromatic rings. The van der Waals surface area contributed by atoms with Crippen LogP contribution in [0.5, 0.6) is 0 Å². The molecule has 0 amide bonds. The molecule has 0 spiro atoms. The molecule has 2 heteroatoms. The third kappa shape index (κ3) is 0.450. The molecule has 1 aliphatic rings. The van der Waals surface area contributed by atoms with Gasteiger partial charge in [0.25, 0.3) is 0 Å². The molecule has 1 heterocycles. The van der Waals surface area contributed by atoms with Crippen LogP contribution in [0.2, 0.25) is 0 Å². The summed E-state index contributed by atoms with van der Waals surface area (Å²) in [5.41, 5.74) is 0. The van der Waals surface area contributed by atoms with Crippen molar-refractivity contribution in [2.24, 2.45) is 0 Å². The first-order valence-electron chi connectivity index (χ1n) is 1.56. The Morgan fingerprint density at radius 1 is 1.80 bits per heavy atom. The zero-order valence-corrected chi connectivity index (χ0v) is 2.85. The Kier molecular flexibility index (Phi) is 0.667. The molecule has 27 valence electrons. The summed E-state index contributed by atoms with van der Waals surface area (Å²) in [4.78, 5) is 3.74. The van der Waals surface area contributed by atoms with Crippen LogP contribution in [0.15, 0.2) is 0 Å². The number of ether oxygens (including phenoxy) is 1. The zero-order valence-electron chi connectivity index (χ0n) is 2.85. The minimum Gasteiger partial charge on any atom is -0.308 e. The van der Waals surface area contributed by atoms with Gasteiger partial charge in [-0.15, -0.1) is 0 Å². The van der Waals surface area contributed by atoms with Gasteiger partial charge in [0.2, 0.25) is 6.21 Å². The molecule has 2 nitrogen and oxygen atoms in total. The van der Waals surface area contributed by atoms with Gasteiger partial charge < -0.3 is 4.74 Å². The zero-order chi connectivity index (χ0) is 3.54. The normalized spacial score (nSPS) is 20.8. The molecule has 0 aliphatic carbocycles. The molecule has 0 fully saturated rings. The topological polar surface area (TPSA) is 23.3 Å². The van der Waals surface area contributed by atoms with Crippen LogP contribution in [0.25, 0.3) is 0 Å². The van der Waals surface area contributed by atoms with Gasteiger partial charge in [-0.25, -0.2) is 0 Å². The molecule has 0 aromatic carbocycles. The third-order valence-corrected chi connectivity index (χ3v) is 0.487. The van der Waals surface area contributed by atoms with Gasteiger partial charge in [0.15, 0.2) is 0 Å². The van der Waals surface area contributed by atoms with Crippen LogP contribution in [0, 0.1) is 0 Å². The van der Waals surface area contributed by atoms with Gasteiger partial charge in [-0.1, -0.05) is 0 Å². The minimum absolute atomic E-state index is 0.569. The summed E-state index contributed by atoms with van der Waals surface area (Å²) in [7, 11) is 0. The standard InChI is InChI=1S/C3H5NO/c1-2-5-3-4-1/h1H,2-3H2/q+1. The molecule has 0 saturated heterocycles. The highest BCUT2D eigenvalue weighted by molar-refractivity contribution is 5.57. The van der Waals surface area contributed by atoms with Crippen molar-refractivity contribution in [1.82, 2.24) is 4.99 Å². The molecule has 1 aliphatic heterocycles. The van der Waals surface area contributed by atoms with Gasteiger partial charge in [-0.3, -0.25) is 0 Å². The van der Waals surface area contributed by atoms with Crippen LogP contribution in [-0.2, 0) is 4.74 Å². The molecule has 0 bridgehead atoms. The average molecular weight is 71.1 g/mol. The molecule has 0 saturated carbocycles. The summed E-state index contributed by atoms with van der Waals surface area (Å²) in [5, 5.41) is 0. The van der Waals surface area contributed by atoms with E-state index in [1.165, 1.54) is 0 Å². The van der Waals surface area contributed by atoms with Gasteiger partial charge in [0.1, 0.15) is 6.61 Å². The Bertz CT molecular complexity index is 44.9. The fraction of sp³-hybridized carbons (Fsp3) is 0.667. The molecule has 0 N–H and O–H groups in total. The van der Waals surface area contributed by atoms with Crippen LogP contribution in [0.1, 0.15) is 0 Å². The highest BCUT2D eigenvalue weighted by Gasteiger charge is 1.99. The average Bonchev–Trinajstić information content (AvgIpc) is 1.76. The number of nitrogens with zero attached hydrogens (tertiary/aromatic N) is 1. The van der Waals surface area contributed by atoms with E-state index in [4.69, 9.17) is 4.74 Å². The van der Waals surface area contributed by atoms with Crippen LogP contribution in [0.3, 0.4) is 0 Å². The first-order valence-corrected chi connectivity index (χ1v) is 1.56. The lowest BCUT2D eigenvalue weighted by molar-refractivity contribution is 0.194. The largest absolute Gasteiger partial charge is 0.313 e. The first-order chi connectivity index (χ1) is 2.50. The lowest BCUT2D eigenvalue weighted by atomic mass is 10.8. The Morgan fingerprint density at radius 2 is 2.80 bits per heavy atom. The Hall–Kier alpha value is -0.370. The fourth-order valence-electron chi connectivity index (χ4n) is 0.264. The van der Waals surface area contributed by atoms with Crippen LogP contribution in [-0.4, -0.2) is 19.6 Å². The number of hydrogen-bond acceptors (Lipinski definition) is 2. The van der Waals surface area contributed by atoms with Crippen molar-refractivity contribution in [3.8, 4) is 0 Å². The maximum Gasteiger partial charge on any atom is 0.313 e. The van der Waals surface area contributed by atoms with E-state index < -0.39 is 0 Å². The summed E-state index contributed by atoms with van der Waals surface area (Å²) in [5.74, 6) is 0. The van der Waals surface area contributed by atoms with E-state index in [-0.39, 0.29) is 0 Å². The SMILES string of the molecule is C1=[N+]COC1. The highest BCUT2D eigenvalue weighted by Crippen LogP contribution is 1.68. The van der Waals surface area contributed by atoms with Gasteiger partial charge >= 0.3 is 6.73 Å². The quantitative estimate of drug-likeness (QED) is 0.373. The van der Waals surface area contributed by atoms with E-state index in [2.05, 4.69) is 4.99 Å². The molecule has 1 radical (unpaired) electrons. The van der Waals surface area contributed by atoms with Crippen LogP contribution >= 0.6 is 0 Å². The molecule has 0 unspecified atom stereocenters. The molecule has 1 rings (SSSR count). The van der Waals surface area contributed by atoms with E-state index in [1.807, 2.05) is 0 Å². The number of aliphatic imine (C=N–C) groups is 1. The lowest BCUT2D eigenvalue weighted by Crippen LogP contribution is -1.82. The summed E-state index contributed by atoms with van der Waals surface area (Å²) in [6.45, 7) is 1.28. The summed E-state index contributed by atoms with van der Waals surface area (Å²) in [6, 6.07) is 0. The van der Waals surface area contributed by atoms with Gasteiger partial charge in [-0.2, -0.15) is 0 Å². The van der Waals surface area contributed by atoms with Gasteiger partial charge in [-0.05, 0) is 0 Å². The van der Waals surface area contributed by atoms with E-state index >= 15 is 0 Å². The van der Waals surface area contributed by atoms with Crippen molar-refractivity contribution in [3.05, 3.63) is 0 Å². The second kappa shape index (κ2) is 1.17. The summed E-state index contributed by atoms with van der Waals surface area (Å²) < 4.78 is 4.72. The van der Waals surface area contributed by atoms with Crippen LogP contribution in [0.4, 0.5) is 0 Å². The van der Waals surface area contributed by atoms with Gasteiger partial charge in [0, 0.05) is 4.99 Å². The summed E-state index contributed by atoms with van der Waals surface area (Å²) in [6.07, 6.45) is 1.76. The van der Waals surface area contributed by atoms with E-state index in [1.54, 1.807) is 6.21 Å². The Labute approximate surface area is 30.5 Å². The minimum atomic E-state index is 0.569. The third-order valence-electron chi connectivity index (χ3n) is 0.487. The molecule has 0 aromatic heterocycles. The van der Waals surface area contributed by atoms with E-state index in [0.29, 0.717) is 13.3 Å². The van der Waals surface area contributed by atoms with Crippen molar-refractivity contribution >= 4 is 6.21 Å². The highest BCUT2D eigenvalue weighted by atomic mass is 16.5. The molecular weight excluding hydrogens is 66.0 g/mol. The van der Waals surface area contributed by atoms with Gasteiger partial charge in [0.05, 0.1) is 0 Å². The van der Waals surface area contributed by atoms with Crippen LogP contribution < -0.4 is 4.99 Å². The molecular formula is C3H5NO+. The predicted octanol–water partition coefficient (Wildman–Crippen LogP) is -0.619. The monoisotopic (exact) mass is 71.0 g/mol. The van der Waals surface area contributed by atoms with E-state index in [9.17, 15) is 0 Å². The molecule has 0 atom stereocenters. The Morgan fingerprint density at radius 3 is 3.00 bits per heavy atom. The van der Waals surface area contributed by atoms with Crippen molar-refractivity contribution in [3.63, 3.8) is 0 Å². The summed E-state index contributed by atoms with van der Waals surface area (Å²) >= 11 is 0. The lowest BCUT2D eigenvalue weighted by Gasteiger charge is -1.66. The maximum absolute atomic E-state index is 4.72. The first kappa shape index (κ1) is 2.85. The van der Waals surface area contributed by atoms with E-state index in [0.717, 1.165) is 0 Å². The number of rotatable bonds is 0. The second-order valence-corrected chi connectivity index (χ2v) is 0.865. The Balaban J connectivity index is 2.32. The fourth-order valence-corrected chi connectivity index (χ4v) is 0.264. The number of hydrogen-bond donors (Lipinski definition) is 0.